The minimum atomic E-state index is -1.34. The van der Waals surface area contributed by atoms with E-state index in [1.807, 2.05) is 0 Å². The molecule has 3 N–H and O–H groups in total. The molecule has 0 aromatic heterocycles. The van der Waals surface area contributed by atoms with Gasteiger partial charge in [0.05, 0.1) is 13.2 Å². The standard InChI is InChI=1S/C40H75NO5/c1-3-5-7-9-11-13-15-17-19-21-23-25-27-29-31-33-38(44)41-40(35-42,36-43)37-46-39(45)34-32-30-28-26-24-22-20-18-16-14-12-10-8-6-4-2/h17-20,42-43H,3-16,21-37H2,1-2H3,(H,41,44). The molecule has 6 heteroatoms. The molecule has 0 unspecified atom stereocenters. The first kappa shape index (κ1) is 44.3. The fourth-order valence-corrected chi connectivity index (χ4v) is 5.60. The number of aliphatic hydroxyl groups excluding tert-OH is 2. The van der Waals surface area contributed by atoms with Crippen molar-refractivity contribution in [2.45, 2.75) is 199 Å². The van der Waals surface area contributed by atoms with Crippen LogP contribution in [0.1, 0.15) is 194 Å². The SMILES string of the molecule is CCCCCCCCC=CCCCCCCCC(=O)NC(CO)(CO)COC(=O)CCCCCCCC=CCCCCCCCC. The van der Waals surface area contributed by atoms with Crippen molar-refractivity contribution in [2.75, 3.05) is 19.8 Å². The van der Waals surface area contributed by atoms with E-state index < -0.39 is 18.8 Å². The summed E-state index contributed by atoms with van der Waals surface area (Å²) in [5, 5.41) is 22.5. The zero-order chi connectivity index (χ0) is 33.8. The second kappa shape index (κ2) is 34.7. The van der Waals surface area contributed by atoms with Crippen LogP contribution >= 0.6 is 0 Å². The van der Waals surface area contributed by atoms with Crippen LogP contribution in [0.5, 0.6) is 0 Å². The number of aliphatic hydroxyl groups is 2. The molecule has 0 radical (unpaired) electrons. The van der Waals surface area contributed by atoms with Gasteiger partial charge in [-0.05, 0) is 64.2 Å². The Morgan fingerprint density at radius 2 is 0.870 bits per heavy atom. The molecule has 0 aliphatic heterocycles. The third-order valence-electron chi connectivity index (χ3n) is 8.83. The van der Waals surface area contributed by atoms with Crippen LogP contribution in [0.15, 0.2) is 24.3 Å². The van der Waals surface area contributed by atoms with Gasteiger partial charge in [0.25, 0.3) is 0 Å². The Bertz CT molecular complexity index is 731. The van der Waals surface area contributed by atoms with E-state index in [0.29, 0.717) is 12.8 Å². The summed E-state index contributed by atoms with van der Waals surface area (Å²) in [6.07, 6.45) is 41.1. The Hall–Kier alpha value is -1.66. The van der Waals surface area contributed by atoms with E-state index in [1.165, 1.54) is 103 Å². The molecular weight excluding hydrogens is 574 g/mol. The first-order chi connectivity index (χ1) is 22.5. The number of unbranched alkanes of at least 4 members (excludes halogenated alkanes) is 22. The number of hydrogen-bond acceptors (Lipinski definition) is 5. The minimum absolute atomic E-state index is 0.220. The summed E-state index contributed by atoms with van der Waals surface area (Å²) >= 11 is 0. The predicted molar refractivity (Wildman–Crippen MR) is 195 cm³/mol. The third-order valence-corrected chi connectivity index (χ3v) is 8.83. The van der Waals surface area contributed by atoms with Gasteiger partial charge in [0.2, 0.25) is 5.91 Å². The number of hydrogen-bond donors (Lipinski definition) is 3. The molecule has 0 heterocycles. The van der Waals surface area contributed by atoms with E-state index >= 15 is 0 Å². The number of nitrogens with one attached hydrogen (secondary N) is 1. The van der Waals surface area contributed by atoms with Gasteiger partial charge in [0.15, 0.2) is 0 Å². The summed E-state index contributed by atoms with van der Waals surface area (Å²) in [5.74, 6) is -0.579. The molecule has 6 nitrogen and oxygen atoms in total. The lowest BCUT2D eigenvalue weighted by Gasteiger charge is -2.30. The monoisotopic (exact) mass is 650 g/mol. The first-order valence-electron chi connectivity index (χ1n) is 19.5. The number of carbonyl (C=O) groups excluding carboxylic acids is 2. The predicted octanol–water partition coefficient (Wildman–Crippen LogP) is 10.4. The molecule has 1 amide bonds. The normalized spacial score (nSPS) is 12.0. The minimum Gasteiger partial charge on any atom is -0.463 e. The molecule has 0 aromatic rings. The summed E-state index contributed by atoms with van der Waals surface area (Å²) in [5.41, 5.74) is -1.34. The van der Waals surface area contributed by atoms with Crippen LogP contribution in [0.4, 0.5) is 0 Å². The Kier molecular flexibility index (Phi) is 33.4. The highest BCUT2D eigenvalue weighted by molar-refractivity contribution is 5.77. The average molecular weight is 650 g/mol. The molecule has 0 atom stereocenters. The van der Waals surface area contributed by atoms with Crippen LogP contribution in [0, 0.1) is 0 Å². The van der Waals surface area contributed by atoms with Gasteiger partial charge in [-0.3, -0.25) is 9.59 Å². The van der Waals surface area contributed by atoms with Crippen molar-refractivity contribution in [3.63, 3.8) is 0 Å². The lowest BCUT2D eigenvalue weighted by atomic mass is 10.0. The van der Waals surface area contributed by atoms with Crippen LogP contribution in [-0.4, -0.2) is 47.4 Å². The Morgan fingerprint density at radius 3 is 1.26 bits per heavy atom. The summed E-state index contributed by atoms with van der Waals surface area (Å²) < 4.78 is 5.35. The number of rotatable bonds is 35. The van der Waals surface area contributed by atoms with Crippen molar-refractivity contribution in [3.8, 4) is 0 Å². The number of amides is 1. The molecule has 270 valence electrons. The summed E-state index contributed by atoms with van der Waals surface area (Å²) in [6.45, 7) is 3.32. The Morgan fingerprint density at radius 1 is 0.522 bits per heavy atom. The highest BCUT2D eigenvalue weighted by atomic mass is 16.5. The van der Waals surface area contributed by atoms with Gasteiger partial charge in [-0.15, -0.1) is 0 Å². The van der Waals surface area contributed by atoms with Gasteiger partial charge in [-0.2, -0.15) is 0 Å². The largest absolute Gasteiger partial charge is 0.463 e. The van der Waals surface area contributed by atoms with E-state index in [0.717, 1.165) is 64.2 Å². The van der Waals surface area contributed by atoms with E-state index in [1.54, 1.807) is 0 Å². The molecular formula is C40H75NO5. The van der Waals surface area contributed by atoms with E-state index in [9.17, 15) is 19.8 Å². The van der Waals surface area contributed by atoms with Crippen molar-refractivity contribution in [1.82, 2.24) is 5.32 Å². The third kappa shape index (κ3) is 29.7. The van der Waals surface area contributed by atoms with Crippen LogP contribution in [0.2, 0.25) is 0 Å². The molecule has 0 rings (SSSR count). The van der Waals surface area contributed by atoms with Gasteiger partial charge in [-0.1, -0.05) is 141 Å². The van der Waals surface area contributed by atoms with Crippen LogP contribution < -0.4 is 5.32 Å². The molecule has 0 saturated carbocycles. The molecule has 0 saturated heterocycles. The van der Waals surface area contributed by atoms with Crippen molar-refractivity contribution < 1.29 is 24.5 Å². The fourth-order valence-electron chi connectivity index (χ4n) is 5.60. The average Bonchev–Trinajstić information content (AvgIpc) is 3.06. The van der Waals surface area contributed by atoms with Gasteiger partial charge in [0, 0.05) is 12.8 Å². The topological polar surface area (TPSA) is 95.9 Å². The number of esters is 1. The smallest absolute Gasteiger partial charge is 0.305 e. The van der Waals surface area contributed by atoms with Gasteiger partial charge >= 0.3 is 5.97 Å². The highest BCUT2D eigenvalue weighted by Gasteiger charge is 2.32. The maximum Gasteiger partial charge on any atom is 0.305 e. The number of allylic oxidation sites excluding steroid dienone is 4. The van der Waals surface area contributed by atoms with Crippen molar-refractivity contribution in [1.29, 1.82) is 0 Å². The quantitative estimate of drug-likeness (QED) is 0.0361. The second-order valence-corrected chi connectivity index (χ2v) is 13.5. The van der Waals surface area contributed by atoms with Crippen molar-refractivity contribution in [3.05, 3.63) is 24.3 Å². The lowest BCUT2D eigenvalue weighted by molar-refractivity contribution is -0.149. The maximum absolute atomic E-state index is 12.5. The Labute approximate surface area is 284 Å². The summed E-state index contributed by atoms with van der Waals surface area (Å²) in [6, 6.07) is 0. The molecule has 0 aliphatic carbocycles. The second-order valence-electron chi connectivity index (χ2n) is 13.5. The molecule has 46 heavy (non-hydrogen) atoms. The van der Waals surface area contributed by atoms with Crippen molar-refractivity contribution >= 4 is 11.9 Å². The number of ether oxygens (including phenoxy) is 1. The van der Waals surface area contributed by atoms with E-state index in [2.05, 4.69) is 43.5 Å². The fraction of sp³-hybridized carbons (Fsp3) is 0.850. The van der Waals surface area contributed by atoms with Gasteiger partial charge in [-0.25, -0.2) is 0 Å². The zero-order valence-corrected chi connectivity index (χ0v) is 30.3. The zero-order valence-electron chi connectivity index (χ0n) is 30.3. The number of carbonyl (C=O) groups is 2. The molecule has 0 aliphatic rings. The maximum atomic E-state index is 12.5. The molecule has 0 aromatic carbocycles. The Balaban J connectivity index is 3.83. The highest BCUT2D eigenvalue weighted by Crippen LogP contribution is 2.13. The van der Waals surface area contributed by atoms with Crippen molar-refractivity contribution in [2.24, 2.45) is 0 Å². The molecule has 0 spiro atoms. The molecule has 0 bridgehead atoms. The lowest BCUT2D eigenvalue weighted by Crippen LogP contribution is -2.57. The van der Waals surface area contributed by atoms with Crippen LogP contribution in [0.25, 0.3) is 0 Å². The summed E-state index contributed by atoms with van der Waals surface area (Å²) in [4.78, 5) is 24.8. The van der Waals surface area contributed by atoms with Crippen LogP contribution in [0.3, 0.4) is 0 Å². The van der Waals surface area contributed by atoms with E-state index in [4.69, 9.17) is 4.74 Å². The van der Waals surface area contributed by atoms with E-state index in [-0.39, 0.29) is 18.5 Å². The molecule has 0 fully saturated rings. The van der Waals surface area contributed by atoms with Gasteiger partial charge < -0.3 is 20.3 Å². The van der Waals surface area contributed by atoms with Crippen LogP contribution in [-0.2, 0) is 14.3 Å². The first-order valence-corrected chi connectivity index (χ1v) is 19.5. The summed E-state index contributed by atoms with van der Waals surface area (Å²) in [7, 11) is 0. The van der Waals surface area contributed by atoms with Gasteiger partial charge in [0.1, 0.15) is 12.1 Å².